The molecule has 0 radical (unpaired) electrons. The van der Waals surface area contributed by atoms with Crippen LogP contribution in [0.3, 0.4) is 0 Å². The highest BCUT2D eigenvalue weighted by Crippen LogP contribution is 2.25. The van der Waals surface area contributed by atoms with Gasteiger partial charge in [-0.3, -0.25) is 9.59 Å². The molecule has 0 aromatic heterocycles. The van der Waals surface area contributed by atoms with E-state index in [0.717, 1.165) is 5.56 Å². The van der Waals surface area contributed by atoms with Crippen molar-refractivity contribution in [3.05, 3.63) is 35.4 Å². The van der Waals surface area contributed by atoms with E-state index in [4.69, 9.17) is 4.74 Å². The van der Waals surface area contributed by atoms with Crippen LogP contribution in [-0.4, -0.2) is 17.2 Å². The first-order chi connectivity index (χ1) is 7.87. The number of benzene rings is 1. The van der Waals surface area contributed by atoms with Crippen LogP contribution in [0.5, 0.6) is 5.75 Å². The minimum Gasteiger partial charge on any atom is -0.488 e. The SMILES string of the molecule is CC(C)(C)Oc1ccc2c(c1)C=CC(=O)C2=O. The maximum Gasteiger partial charge on any atom is 0.233 e. The Bertz CT molecular complexity index is 519. The number of rotatable bonds is 1. The predicted octanol–water partition coefficient (Wildman–Crippen LogP) is 2.64. The van der Waals surface area contributed by atoms with Crippen LogP contribution in [0.2, 0.25) is 0 Å². The number of hydrogen-bond acceptors (Lipinski definition) is 3. The molecule has 0 spiro atoms. The van der Waals surface area contributed by atoms with E-state index < -0.39 is 11.6 Å². The molecule has 0 saturated carbocycles. The van der Waals surface area contributed by atoms with E-state index in [0.29, 0.717) is 11.3 Å². The van der Waals surface area contributed by atoms with Crippen LogP contribution < -0.4 is 4.74 Å². The molecule has 0 bridgehead atoms. The van der Waals surface area contributed by atoms with Crippen molar-refractivity contribution in [1.82, 2.24) is 0 Å². The van der Waals surface area contributed by atoms with Crippen molar-refractivity contribution in [2.75, 3.05) is 0 Å². The molecule has 2 rings (SSSR count). The lowest BCUT2D eigenvalue weighted by Gasteiger charge is -2.22. The van der Waals surface area contributed by atoms with Crippen molar-refractivity contribution in [2.45, 2.75) is 26.4 Å². The predicted molar refractivity (Wildman–Crippen MR) is 65.2 cm³/mol. The van der Waals surface area contributed by atoms with Crippen LogP contribution in [0.4, 0.5) is 0 Å². The first-order valence-electron chi connectivity index (χ1n) is 5.47. The first-order valence-corrected chi connectivity index (χ1v) is 5.47. The van der Waals surface area contributed by atoms with Crippen LogP contribution in [0.15, 0.2) is 24.3 Å². The van der Waals surface area contributed by atoms with Crippen molar-refractivity contribution >= 4 is 17.6 Å². The quantitative estimate of drug-likeness (QED) is 0.696. The van der Waals surface area contributed by atoms with E-state index in [9.17, 15) is 9.59 Å². The first kappa shape index (κ1) is 11.6. The van der Waals surface area contributed by atoms with Gasteiger partial charge in [0, 0.05) is 5.56 Å². The molecule has 88 valence electrons. The van der Waals surface area contributed by atoms with Gasteiger partial charge in [0.05, 0.1) is 0 Å². The minimum absolute atomic E-state index is 0.285. The summed E-state index contributed by atoms with van der Waals surface area (Å²) in [6.07, 6.45) is 2.94. The molecule has 3 heteroatoms. The molecule has 0 fully saturated rings. The number of allylic oxidation sites excluding steroid dienone is 1. The fourth-order valence-electron chi connectivity index (χ4n) is 1.68. The molecular formula is C14H14O3. The molecule has 0 unspecified atom stereocenters. The van der Waals surface area contributed by atoms with Gasteiger partial charge in [0.1, 0.15) is 11.4 Å². The lowest BCUT2D eigenvalue weighted by Crippen LogP contribution is -2.23. The summed E-state index contributed by atoms with van der Waals surface area (Å²) in [5, 5.41) is 0. The van der Waals surface area contributed by atoms with E-state index in [1.807, 2.05) is 20.8 Å². The van der Waals surface area contributed by atoms with E-state index in [1.165, 1.54) is 6.08 Å². The Kier molecular flexibility index (Phi) is 2.62. The van der Waals surface area contributed by atoms with Gasteiger partial charge in [-0.2, -0.15) is 0 Å². The standard InChI is InChI=1S/C14H14O3/c1-14(2,3)17-10-5-6-11-9(8-10)4-7-12(15)13(11)16/h4-8H,1-3H3. The van der Waals surface area contributed by atoms with E-state index in [2.05, 4.69) is 0 Å². The number of hydrogen-bond donors (Lipinski definition) is 0. The lowest BCUT2D eigenvalue weighted by atomic mass is 9.95. The molecule has 0 aliphatic heterocycles. The highest BCUT2D eigenvalue weighted by atomic mass is 16.5. The zero-order valence-corrected chi connectivity index (χ0v) is 10.1. The zero-order chi connectivity index (χ0) is 12.6. The maximum absolute atomic E-state index is 11.6. The van der Waals surface area contributed by atoms with Crippen molar-refractivity contribution < 1.29 is 14.3 Å². The molecule has 1 aliphatic rings. The van der Waals surface area contributed by atoms with Gasteiger partial charge in [0.15, 0.2) is 0 Å². The second kappa shape index (κ2) is 3.84. The number of ketones is 2. The largest absolute Gasteiger partial charge is 0.488 e. The Morgan fingerprint density at radius 3 is 2.41 bits per heavy atom. The Morgan fingerprint density at radius 2 is 1.76 bits per heavy atom. The molecule has 0 heterocycles. The van der Waals surface area contributed by atoms with Crippen molar-refractivity contribution in [2.24, 2.45) is 0 Å². The second-order valence-corrected chi connectivity index (χ2v) is 4.99. The number of carbonyl (C=O) groups is 2. The number of Topliss-reactive ketones (excluding diaryl/α,β-unsaturated/α-hetero) is 1. The summed E-state index contributed by atoms with van der Waals surface area (Å²) < 4.78 is 5.70. The van der Waals surface area contributed by atoms with Crippen LogP contribution in [0.25, 0.3) is 6.08 Å². The van der Waals surface area contributed by atoms with Gasteiger partial charge in [-0.05, 0) is 50.6 Å². The van der Waals surface area contributed by atoms with Gasteiger partial charge in [-0.15, -0.1) is 0 Å². The summed E-state index contributed by atoms with van der Waals surface area (Å²) in [6.45, 7) is 5.87. The van der Waals surface area contributed by atoms with Crippen molar-refractivity contribution in [3.63, 3.8) is 0 Å². The van der Waals surface area contributed by atoms with Crippen LogP contribution >= 0.6 is 0 Å². The lowest BCUT2D eigenvalue weighted by molar-refractivity contribution is -0.110. The average Bonchev–Trinajstić information content (AvgIpc) is 2.21. The minimum atomic E-state index is -0.470. The van der Waals surface area contributed by atoms with Gasteiger partial charge < -0.3 is 4.74 Å². The van der Waals surface area contributed by atoms with Gasteiger partial charge in [0.2, 0.25) is 11.6 Å². The highest BCUT2D eigenvalue weighted by molar-refractivity contribution is 6.49. The van der Waals surface area contributed by atoms with Crippen molar-refractivity contribution in [3.8, 4) is 5.75 Å². The smallest absolute Gasteiger partial charge is 0.233 e. The van der Waals surface area contributed by atoms with Crippen LogP contribution in [0, 0.1) is 0 Å². The average molecular weight is 230 g/mol. The normalized spacial score (nSPS) is 14.8. The van der Waals surface area contributed by atoms with Gasteiger partial charge >= 0.3 is 0 Å². The molecule has 0 saturated heterocycles. The molecule has 1 aromatic carbocycles. The third-order valence-electron chi connectivity index (χ3n) is 2.33. The Labute approximate surface area is 100 Å². The molecule has 1 aromatic rings. The van der Waals surface area contributed by atoms with E-state index in [-0.39, 0.29) is 5.60 Å². The summed E-state index contributed by atoms with van der Waals surface area (Å²) in [5.74, 6) is -0.227. The third-order valence-corrected chi connectivity index (χ3v) is 2.33. The molecule has 3 nitrogen and oxygen atoms in total. The summed E-state index contributed by atoms with van der Waals surface area (Å²) in [4.78, 5) is 22.8. The Morgan fingerprint density at radius 1 is 1.06 bits per heavy atom. The fourth-order valence-corrected chi connectivity index (χ4v) is 1.68. The molecule has 0 amide bonds. The van der Waals surface area contributed by atoms with Crippen LogP contribution in [-0.2, 0) is 4.79 Å². The van der Waals surface area contributed by atoms with Gasteiger partial charge in [0.25, 0.3) is 0 Å². The number of ether oxygens (including phenoxy) is 1. The molecule has 17 heavy (non-hydrogen) atoms. The molecular weight excluding hydrogens is 216 g/mol. The number of carbonyl (C=O) groups excluding carboxylic acids is 2. The fraction of sp³-hybridized carbons (Fsp3) is 0.286. The Balaban J connectivity index is 2.38. The summed E-state index contributed by atoms with van der Waals surface area (Å²) >= 11 is 0. The maximum atomic E-state index is 11.6. The summed E-state index contributed by atoms with van der Waals surface area (Å²) in [7, 11) is 0. The van der Waals surface area contributed by atoms with E-state index in [1.54, 1.807) is 24.3 Å². The second-order valence-electron chi connectivity index (χ2n) is 4.99. The van der Waals surface area contributed by atoms with Crippen molar-refractivity contribution in [1.29, 1.82) is 0 Å². The van der Waals surface area contributed by atoms with Gasteiger partial charge in [-0.25, -0.2) is 0 Å². The van der Waals surface area contributed by atoms with E-state index >= 15 is 0 Å². The molecule has 1 aliphatic carbocycles. The monoisotopic (exact) mass is 230 g/mol. The zero-order valence-electron chi connectivity index (χ0n) is 10.1. The third kappa shape index (κ3) is 2.44. The summed E-state index contributed by atoms with van der Waals surface area (Å²) in [5.41, 5.74) is 0.891. The topological polar surface area (TPSA) is 43.4 Å². The summed E-state index contributed by atoms with van der Waals surface area (Å²) in [6, 6.07) is 5.13. The highest BCUT2D eigenvalue weighted by Gasteiger charge is 2.21. The van der Waals surface area contributed by atoms with Crippen LogP contribution in [0.1, 0.15) is 36.7 Å². The number of fused-ring (bicyclic) bond motifs is 1. The molecule has 0 N–H and O–H groups in total. The molecule has 0 atom stereocenters. The van der Waals surface area contributed by atoms with Gasteiger partial charge in [-0.1, -0.05) is 6.08 Å². The Hall–Kier alpha value is -1.90.